The highest BCUT2D eigenvalue weighted by atomic mass is 32.1. The van der Waals surface area contributed by atoms with Gasteiger partial charge in [-0.1, -0.05) is 30.3 Å². The van der Waals surface area contributed by atoms with Gasteiger partial charge in [-0.3, -0.25) is 0 Å². The van der Waals surface area contributed by atoms with Crippen LogP contribution in [0.3, 0.4) is 0 Å². The number of hydrogen-bond donors (Lipinski definition) is 1. The van der Waals surface area contributed by atoms with Crippen LogP contribution in [-0.4, -0.2) is 30.5 Å². The molecule has 0 spiro atoms. The van der Waals surface area contributed by atoms with E-state index >= 15 is 0 Å². The largest absolute Gasteiger partial charge is 0.324 e. The Labute approximate surface area is 119 Å². The summed E-state index contributed by atoms with van der Waals surface area (Å²) in [7, 11) is 4.17. The Kier molecular flexibility index (Phi) is 5.07. The molecule has 4 heteroatoms. The minimum absolute atomic E-state index is 0.0324. The second kappa shape index (κ2) is 6.80. The Balaban J connectivity index is 1.93. The molecule has 102 valence electrons. The first kappa shape index (κ1) is 14.2. The smallest absolute Gasteiger partial charge is 0.0941 e. The highest BCUT2D eigenvalue weighted by Crippen LogP contribution is 2.18. The lowest BCUT2D eigenvalue weighted by atomic mass is 10.0. The molecule has 1 aromatic heterocycles. The molecule has 1 heterocycles. The summed E-state index contributed by atoms with van der Waals surface area (Å²) in [6.07, 6.45) is 1.82. The van der Waals surface area contributed by atoms with Crippen LogP contribution in [0.4, 0.5) is 0 Å². The van der Waals surface area contributed by atoms with Gasteiger partial charge in [0.15, 0.2) is 0 Å². The monoisotopic (exact) mass is 275 g/mol. The van der Waals surface area contributed by atoms with Crippen molar-refractivity contribution in [1.29, 1.82) is 0 Å². The van der Waals surface area contributed by atoms with E-state index in [4.69, 9.17) is 5.73 Å². The topological polar surface area (TPSA) is 42.2 Å². The predicted octanol–water partition coefficient (Wildman–Crippen LogP) is 2.49. The average molecular weight is 275 g/mol. The van der Waals surface area contributed by atoms with Crippen molar-refractivity contribution in [3.8, 4) is 0 Å². The third kappa shape index (κ3) is 4.42. The van der Waals surface area contributed by atoms with Crippen molar-refractivity contribution in [2.45, 2.75) is 18.9 Å². The molecule has 0 aliphatic carbocycles. The average Bonchev–Trinajstić information content (AvgIpc) is 2.85. The van der Waals surface area contributed by atoms with Gasteiger partial charge in [-0.15, -0.1) is 11.3 Å². The number of nitrogens with two attached hydrogens (primary N) is 1. The minimum Gasteiger partial charge on any atom is -0.324 e. The van der Waals surface area contributed by atoms with Crippen LogP contribution in [0.1, 0.15) is 22.3 Å². The minimum atomic E-state index is 0.0324. The Hall–Kier alpha value is -1.23. The lowest BCUT2D eigenvalue weighted by molar-refractivity contribution is 0.413. The molecule has 0 saturated heterocycles. The molecule has 0 bridgehead atoms. The van der Waals surface area contributed by atoms with E-state index in [9.17, 15) is 0 Å². The lowest BCUT2D eigenvalue weighted by Crippen LogP contribution is -2.15. The van der Waals surface area contributed by atoms with Crippen LogP contribution in [-0.2, 0) is 12.8 Å². The van der Waals surface area contributed by atoms with Gasteiger partial charge in [-0.25, -0.2) is 4.98 Å². The molecular formula is C15H21N3S. The molecule has 1 atom stereocenters. The molecule has 1 unspecified atom stereocenters. The maximum absolute atomic E-state index is 6.21. The molecular weight excluding hydrogens is 254 g/mol. The predicted molar refractivity (Wildman–Crippen MR) is 81.4 cm³/mol. The van der Waals surface area contributed by atoms with Crippen LogP contribution in [0.25, 0.3) is 0 Å². The Morgan fingerprint density at radius 2 is 2.00 bits per heavy atom. The normalized spacial score (nSPS) is 12.8. The third-order valence-electron chi connectivity index (χ3n) is 3.03. The van der Waals surface area contributed by atoms with Crippen molar-refractivity contribution >= 4 is 11.3 Å². The molecule has 0 fully saturated rings. The lowest BCUT2D eigenvalue weighted by Gasteiger charge is -2.10. The van der Waals surface area contributed by atoms with Gasteiger partial charge in [0.1, 0.15) is 0 Å². The zero-order valence-electron chi connectivity index (χ0n) is 11.5. The molecule has 0 aliphatic heterocycles. The van der Waals surface area contributed by atoms with Crippen molar-refractivity contribution in [3.05, 3.63) is 52.0 Å². The van der Waals surface area contributed by atoms with E-state index in [1.54, 1.807) is 11.3 Å². The van der Waals surface area contributed by atoms with E-state index in [0.29, 0.717) is 0 Å². The zero-order chi connectivity index (χ0) is 13.7. The molecule has 0 amide bonds. The zero-order valence-corrected chi connectivity index (χ0v) is 12.4. The number of benzene rings is 1. The molecule has 2 N–H and O–H groups in total. The molecule has 3 nitrogen and oxygen atoms in total. The van der Waals surface area contributed by atoms with Gasteiger partial charge < -0.3 is 10.6 Å². The van der Waals surface area contributed by atoms with Crippen molar-refractivity contribution in [2.75, 3.05) is 20.6 Å². The van der Waals surface area contributed by atoms with Gasteiger partial charge >= 0.3 is 0 Å². The number of nitrogens with zero attached hydrogens (tertiary/aromatic N) is 2. The van der Waals surface area contributed by atoms with Gasteiger partial charge in [-0.2, -0.15) is 0 Å². The summed E-state index contributed by atoms with van der Waals surface area (Å²) < 4.78 is 0. The van der Waals surface area contributed by atoms with Crippen LogP contribution in [0.2, 0.25) is 0 Å². The molecule has 19 heavy (non-hydrogen) atoms. The highest BCUT2D eigenvalue weighted by molar-refractivity contribution is 7.09. The van der Waals surface area contributed by atoms with Gasteiger partial charge in [0.2, 0.25) is 0 Å². The first-order valence-corrected chi connectivity index (χ1v) is 7.41. The van der Waals surface area contributed by atoms with E-state index in [0.717, 1.165) is 25.1 Å². The quantitative estimate of drug-likeness (QED) is 0.880. The second-order valence-corrected chi connectivity index (χ2v) is 5.95. The number of thiazole rings is 1. The summed E-state index contributed by atoms with van der Waals surface area (Å²) in [4.78, 5) is 6.84. The SMILES string of the molecule is CN(C)CCc1nc(CC(N)c2ccccc2)cs1. The summed E-state index contributed by atoms with van der Waals surface area (Å²) >= 11 is 1.74. The summed E-state index contributed by atoms with van der Waals surface area (Å²) in [5.74, 6) is 0. The summed E-state index contributed by atoms with van der Waals surface area (Å²) in [5.41, 5.74) is 8.49. The van der Waals surface area contributed by atoms with E-state index < -0.39 is 0 Å². The summed E-state index contributed by atoms with van der Waals surface area (Å²) in [6, 6.07) is 10.2. The van der Waals surface area contributed by atoms with Crippen molar-refractivity contribution in [1.82, 2.24) is 9.88 Å². The van der Waals surface area contributed by atoms with Crippen LogP contribution in [0.15, 0.2) is 35.7 Å². The summed E-state index contributed by atoms with van der Waals surface area (Å²) in [6.45, 7) is 1.04. The fourth-order valence-electron chi connectivity index (χ4n) is 1.92. The first-order valence-electron chi connectivity index (χ1n) is 6.53. The van der Waals surface area contributed by atoms with Crippen molar-refractivity contribution < 1.29 is 0 Å². The fourth-order valence-corrected chi connectivity index (χ4v) is 2.72. The standard InChI is InChI=1S/C15H21N3S/c1-18(2)9-8-15-17-13(11-19-15)10-14(16)12-6-4-3-5-7-12/h3-7,11,14H,8-10,16H2,1-2H3. The fraction of sp³-hybridized carbons (Fsp3) is 0.400. The van der Waals surface area contributed by atoms with Crippen molar-refractivity contribution in [3.63, 3.8) is 0 Å². The molecule has 2 aromatic rings. The molecule has 2 rings (SSSR count). The molecule has 1 aromatic carbocycles. The number of hydrogen-bond acceptors (Lipinski definition) is 4. The first-order chi connectivity index (χ1) is 9.15. The van der Waals surface area contributed by atoms with E-state index in [1.165, 1.54) is 10.6 Å². The van der Waals surface area contributed by atoms with Gasteiger partial charge in [-0.05, 0) is 19.7 Å². The highest BCUT2D eigenvalue weighted by Gasteiger charge is 2.09. The number of rotatable bonds is 6. The van der Waals surface area contributed by atoms with E-state index in [2.05, 4.69) is 41.5 Å². The van der Waals surface area contributed by atoms with Crippen LogP contribution >= 0.6 is 11.3 Å². The van der Waals surface area contributed by atoms with Gasteiger partial charge in [0.05, 0.1) is 10.7 Å². The Morgan fingerprint density at radius 3 is 2.68 bits per heavy atom. The van der Waals surface area contributed by atoms with E-state index in [1.807, 2.05) is 18.2 Å². The molecule has 0 aliphatic rings. The van der Waals surface area contributed by atoms with E-state index in [-0.39, 0.29) is 6.04 Å². The van der Waals surface area contributed by atoms with Crippen LogP contribution < -0.4 is 5.73 Å². The second-order valence-electron chi connectivity index (χ2n) is 5.01. The van der Waals surface area contributed by atoms with Crippen LogP contribution in [0.5, 0.6) is 0 Å². The Bertz CT molecular complexity index is 493. The number of likely N-dealkylation sites (N-methyl/N-ethyl adjacent to an activating group) is 1. The van der Waals surface area contributed by atoms with Gasteiger partial charge in [0, 0.05) is 30.8 Å². The van der Waals surface area contributed by atoms with Crippen LogP contribution in [0, 0.1) is 0 Å². The summed E-state index contributed by atoms with van der Waals surface area (Å²) in [5, 5.41) is 3.33. The third-order valence-corrected chi connectivity index (χ3v) is 3.99. The molecule has 0 radical (unpaired) electrons. The van der Waals surface area contributed by atoms with Crippen molar-refractivity contribution in [2.24, 2.45) is 5.73 Å². The van der Waals surface area contributed by atoms with Gasteiger partial charge in [0.25, 0.3) is 0 Å². The maximum Gasteiger partial charge on any atom is 0.0941 e. The number of aromatic nitrogens is 1. The molecule has 0 saturated carbocycles. The Morgan fingerprint density at radius 1 is 1.26 bits per heavy atom. The maximum atomic E-state index is 6.21.